The van der Waals surface area contributed by atoms with Gasteiger partial charge in [-0.2, -0.15) is 0 Å². The van der Waals surface area contributed by atoms with Crippen molar-refractivity contribution in [1.29, 1.82) is 0 Å². The van der Waals surface area contributed by atoms with Crippen molar-refractivity contribution in [2.75, 3.05) is 32.1 Å². The van der Waals surface area contributed by atoms with Crippen LogP contribution in [0.1, 0.15) is 0 Å². The Hall–Kier alpha value is -0.520. The lowest BCUT2D eigenvalue weighted by Crippen LogP contribution is -2.41. The van der Waals surface area contributed by atoms with Crippen LogP contribution in [-0.4, -0.2) is 42.9 Å². The summed E-state index contributed by atoms with van der Waals surface area (Å²) in [5.74, 6) is 0.678. The quantitative estimate of drug-likeness (QED) is 0.802. The third kappa shape index (κ3) is 3.72. The van der Waals surface area contributed by atoms with Crippen molar-refractivity contribution in [3.8, 4) is 0 Å². The Labute approximate surface area is 114 Å². The number of morpholine rings is 1. The fraction of sp³-hybridized carbons (Fsp3) is 0.417. The smallest absolute Gasteiger partial charge is 0.233 e. The predicted octanol–water partition coefficient (Wildman–Crippen LogP) is 2.40. The van der Waals surface area contributed by atoms with Gasteiger partial charge in [0.1, 0.15) is 0 Å². The van der Waals surface area contributed by atoms with E-state index in [4.69, 9.17) is 4.74 Å². The van der Waals surface area contributed by atoms with Crippen LogP contribution in [0, 0.1) is 0 Å². The Morgan fingerprint density at radius 2 is 2.06 bits per heavy atom. The number of thioether (sulfide) groups is 1. The van der Waals surface area contributed by atoms with Crippen LogP contribution in [0.5, 0.6) is 0 Å². The first-order valence-corrected chi connectivity index (χ1v) is 7.28. The van der Waals surface area contributed by atoms with E-state index >= 15 is 0 Å². The molecule has 5 heteroatoms. The Kier molecular flexibility index (Phi) is 4.88. The standard InChI is InChI=1S/C12H14BrNO2S/c13-10-3-1-2-4-11(10)17-9-12(15)14-5-7-16-8-6-14/h1-4H,5-9H2. The van der Waals surface area contributed by atoms with Gasteiger partial charge in [0, 0.05) is 22.5 Å². The molecular formula is C12H14BrNO2S. The molecule has 1 amide bonds. The van der Waals surface area contributed by atoms with Crippen LogP contribution in [0.25, 0.3) is 0 Å². The molecule has 0 radical (unpaired) electrons. The summed E-state index contributed by atoms with van der Waals surface area (Å²) in [6, 6.07) is 7.95. The maximum absolute atomic E-state index is 11.9. The largest absolute Gasteiger partial charge is 0.378 e. The second-order valence-electron chi connectivity index (χ2n) is 3.71. The first kappa shape index (κ1) is 12.9. The average molecular weight is 316 g/mol. The van der Waals surface area contributed by atoms with Crippen LogP contribution < -0.4 is 0 Å². The molecule has 3 nitrogen and oxygen atoms in total. The molecule has 0 bridgehead atoms. The highest BCUT2D eigenvalue weighted by atomic mass is 79.9. The van der Waals surface area contributed by atoms with E-state index in [2.05, 4.69) is 15.9 Å². The molecular weight excluding hydrogens is 302 g/mol. The van der Waals surface area contributed by atoms with E-state index in [1.165, 1.54) is 0 Å². The number of hydrogen-bond acceptors (Lipinski definition) is 3. The molecule has 17 heavy (non-hydrogen) atoms. The van der Waals surface area contributed by atoms with Gasteiger partial charge in [-0.15, -0.1) is 11.8 Å². The molecule has 0 N–H and O–H groups in total. The van der Waals surface area contributed by atoms with Crippen molar-refractivity contribution in [1.82, 2.24) is 4.90 Å². The lowest BCUT2D eigenvalue weighted by Gasteiger charge is -2.26. The molecule has 0 atom stereocenters. The first-order chi connectivity index (χ1) is 8.27. The average Bonchev–Trinajstić information content (AvgIpc) is 2.38. The van der Waals surface area contributed by atoms with E-state index in [-0.39, 0.29) is 5.91 Å². The summed E-state index contributed by atoms with van der Waals surface area (Å²) in [5.41, 5.74) is 0. The third-order valence-corrected chi connectivity index (χ3v) is 4.56. The van der Waals surface area contributed by atoms with Crippen LogP contribution in [0.15, 0.2) is 33.6 Å². The molecule has 2 rings (SSSR count). The number of ether oxygens (including phenoxy) is 1. The second-order valence-corrected chi connectivity index (χ2v) is 5.58. The first-order valence-electron chi connectivity index (χ1n) is 5.50. The van der Waals surface area contributed by atoms with Gasteiger partial charge in [-0.3, -0.25) is 4.79 Å². The molecule has 1 aromatic rings. The number of halogens is 1. The Morgan fingerprint density at radius 1 is 1.35 bits per heavy atom. The summed E-state index contributed by atoms with van der Waals surface area (Å²) in [4.78, 5) is 14.9. The van der Waals surface area contributed by atoms with Gasteiger partial charge in [-0.1, -0.05) is 12.1 Å². The van der Waals surface area contributed by atoms with Gasteiger partial charge >= 0.3 is 0 Å². The highest BCUT2D eigenvalue weighted by molar-refractivity contribution is 9.10. The number of carbonyl (C=O) groups excluding carboxylic acids is 1. The van der Waals surface area contributed by atoms with Gasteiger partial charge in [0.15, 0.2) is 0 Å². The normalized spacial score (nSPS) is 15.9. The van der Waals surface area contributed by atoms with Gasteiger partial charge in [0.05, 0.1) is 19.0 Å². The van der Waals surface area contributed by atoms with Gasteiger partial charge in [0.2, 0.25) is 5.91 Å². The van der Waals surface area contributed by atoms with E-state index in [0.717, 1.165) is 22.5 Å². The van der Waals surface area contributed by atoms with Gasteiger partial charge in [0.25, 0.3) is 0 Å². The van der Waals surface area contributed by atoms with E-state index < -0.39 is 0 Å². The maximum Gasteiger partial charge on any atom is 0.233 e. The Bertz CT molecular complexity index is 394. The van der Waals surface area contributed by atoms with E-state index in [1.54, 1.807) is 11.8 Å². The number of benzene rings is 1. The topological polar surface area (TPSA) is 29.5 Å². The summed E-state index contributed by atoms with van der Waals surface area (Å²) in [5, 5.41) is 0. The molecule has 1 heterocycles. The van der Waals surface area contributed by atoms with Crippen LogP contribution in [0.3, 0.4) is 0 Å². The van der Waals surface area contributed by atoms with Gasteiger partial charge < -0.3 is 9.64 Å². The lowest BCUT2D eigenvalue weighted by atomic mass is 10.4. The number of amides is 1. The third-order valence-electron chi connectivity index (χ3n) is 2.55. The zero-order valence-corrected chi connectivity index (χ0v) is 11.8. The maximum atomic E-state index is 11.9. The van der Waals surface area contributed by atoms with Crippen LogP contribution >= 0.6 is 27.7 Å². The minimum atomic E-state index is 0.189. The van der Waals surface area contributed by atoms with Crippen LogP contribution in [-0.2, 0) is 9.53 Å². The zero-order valence-electron chi connectivity index (χ0n) is 9.39. The SMILES string of the molecule is O=C(CSc1ccccc1Br)N1CCOCC1. The Balaban J connectivity index is 1.85. The summed E-state index contributed by atoms with van der Waals surface area (Å²) >= 11 is 5.05. The van der Waals surface area contributed by atoms with Gasteiger partial charge in [-0.25, -0.2) is 0 Å². The Morgan fingerprint density at radius 3 is 2.76 bits per heavy atom. The summed E-state index contributed by atoms with van der Waals surface area (Å²) in [6.07, 6.45) is 0. The lowest BCUT2D eigenvalue weighted by molar-refractivity contribution is -0.132. The fourth-order valence-corrected chi connectivity index (χ4v) is 3.08. The van der Waals surface area contributed by atoms with E-state index in [9.17, 15) is 4.79 Å². The summed E-state index contributed by atoms with van der Waals surface area (Å²) < 4.78 is 6.27. The molecule has 1 aliphatic heterocycles. The predicted molar refractivity (Wildman–Crippen MR) is 72.3 cm³/mol. The highest BCUT2D eigenvalue weighted by Gasteiger charge is 2.16. The molecule has 1 aromatic carbocycles. The number of hydrogen-bond donors (Lipinski definition) is 0. The molecule has 0 aliphatic carbocycles. The van der Waals surface area contributed by atoms with E-state index in [1.807, 2.05) is 29.2 Å². The molecule has 0 aromatic heterocycles. The van der Waals surface area contributed by atoms with Gasteiger partial charge in [-0.05, 0) is 28.1 Å². The van der Waals surface area contributed by atoms with Crippen molar-refractivity contribution in [2.45, 2.75) is 4.90 Å². The zero-order chi connectivity index (χ0) is 12.1. The highest BCUT2D eigenvalue weighted by Crippen LogP contribution is 2.27. The monoisotopic (exact) mass is 315 g/mol. The van der Waals surface area contributed by atoms with Crippen LogP contribution in [0.2, 0.25) is 0 Å². The van der Waals surface area contributed by atoms with Crippen molar-refractivity contribution >= 4 is 33.6 Å². The molecule has 1 saturated heterocycles. The van der Waals surface area contributed by atoms with Crippen molar-refractivity contribution < 1.29 is 9.53 Å². The molecule has 0 unspecified atom stereocenters. The molecule has 1 aliphatic rings. The summed E-state index contributed by atoms with van der Waals surface area (Å²) in [6.45, 7) is 2.75. The molecule has 0 saturated carbocycles. The minimum absolute atomic E-state index is 0.189. The fourth-order valence-electron chi connectivity index (χ4n) is 1.61. The van der Waals surface area contributed by atoms with Crippen molar-refractivity contribution in [3.05, 3.63) is 28.7 Å². The second kappa shape index (κ2) is 6.42. The molecule has 0 spiro atoms. The van der Waals surface area contributed by atoms with Crippen molar-refractivity contribution in [2.24, 2.45) is 0 Å². The summed E-state index contributed by atoms with van der Waals surface area (Å²) in [7, 11) is 0. The number of carbonyl (C=O) groups is 1. The van der Waals surface area contributed by atoms with E-state index in [0.29, 0.717) is 19.0 Å². The number of nitrogens with zero attached hydrogens (tertiary/aromatic N) is 1. The van der Waals surface area contributed by atoms with Crippen molar-refractivity contribution in [3.63, 3.8) is 0 Å². The molecule has 92 valence electrons. The molecule has 1 fully saturated rings. The number of rotatable bonds is 3. The van der Waals surface area contributed by atoms with Crippen LogP contribution in [0.4, 0.5) is 0 Å². The minimum Gasteiger partial charge on any atom is -0.378 e.